The van der Waals surface area contributed by atoms with E-state index in [2.05, 4.69) is 0 Å². The van der Waals surface area contributed by atoms with Crippen LogP contribution in [0.15, 0.2) is 18.2 Å². The first-order valence-corrected chi connectivity index (χ1v) is 3.29. The number of para-hydroxylation sites is 1. The molecule has 0 bridgehead atoms. The smallest absolute Gasteiger partial charge is 0.162 e. The molecule has 0 atom stereocenters. The van der Waals surface area contributed by atoms with Crippen LogP contribution in [0.5, 0.6) is 11.5 Å². The third-order valence-corrected chi connectivity index (χ3v) is 1.49. The summed E-state index contributed by atoms with van der Waals surface area (Å²) >= 11 is 0. The summed E-state index contributed by atoms with van der Waals surface area (Å²) in [4.78, 5) is 0. The molecular formula is C8H10NO2. The van der Waals surface area contributed by atoms with Crippen molar-refractivity contribution in [3.8, 4) is 11.5 Å². The molecule has 0 fully saturated rings. The van der Waals surface area contributed by atoms with Crippen LogP contribution in [0, 0.1) is 0 Å². The van der Waals surface area contributed by atoms with Crippen LogP contribution < -0.4 is 10.5 Å². The summed E-state index contributed by atoms with van der Waals surface area (Å²) in [7, 11) is 1.49. The van der Waals surface area contributed by atoms with Crippen LogP contribution in [-0.4, -0.2) is 12.2 Å². The summed E-state index contributed by atoms with van der Waals surface area (Å²) in [6.45, 7) is 0.0725. The van der Waals surface area contributed by atoms with Crippen LogP contribution in [0.3, 0.4) is 0 Å². The Morgan fingerprint density at radius 1 is 1.55 bits per heavy atom. The normalized spacial score (nSPS) is 9.64. The number of phenols is 1. The van der Waals surface area contributed by atoms with Crippen molar-refractivity contribution in [2.75, 3.05) is 7.11 Å². The Kier molecular flexibility index (Phi) is 2.33. The van der Waals surface area contributed by atoms with Crippen molar-refractivity contribution in [3.05, 3.63) is 23.8 Å². The minimum atomic E-state index is 0.0725. The maximum absolute atomic E-state index is 9.34. The summed E-state index contributed by atoms with van der Waals surface area (Å²) in [5, 5.41) is 9.34. The minimum Gasteiger partial charge on any atom is -0.504 e. The highest BCUT2D eigenvalue weighted by Gasteiger charge is 2.04. The number of rotatable bonds is 2. The quantitative estimate of drug-likeness (QED) is 0.691. The maximum Gasteiger partial charge on any atom is 0.162 e. The highest BCUT2D eigenvalue weighted by Crippen LogP contribution is 2.28. The van der Waals surface area contributed by atoms with E-state index in [1.54, 1.807) is 18.2 Å². The molecule has 1 rings (SSSR count). The molecule has 1 radical (unpaired) electrons. The van der Waals surface area contributed by atoms with E-state index in [4.69, 9.17) is 10.5 Å². The fourth-order valence-corrected chi connectivity index (χ4v) is 0.875. The van der Waals surface area contributed by atoms with Gasteiger partial charge in [0.1, 0.15) is 0 Å². The first kappa shape index (κ1) is 7.88. The zero-order valence-corrected chi connectivity index (χ0v) is 6.29. The molecule has 0 aromatic heterocycles. The van der Waals surface area contributed by atoms with Crippen LogP contribution in [0.2, 0.25) is 0 Å². The SMILES string of the molecule is COc1cccc(C[NH])c1O. The minimum absolute atomic E-state index is 0.0725. The van der Waals surface area contributed by atoms with Crippen molar-refractivity contribution in [1.82, 2.24) is 5.73 Å². The molecule has 0 aliphatic carbocycles. The molecule has 0 amide bonds. The first-order valence-electron chi connectivity index (χ1n) is 3.29. The van der Waals surface area contributed by atoms with Gasteiger partial charge in [-0.05, 0) is 6.07 Å². The number of methoxy groups -OCH3 is 1. The first-order chi connectivity index (χ1) is 5.29. The number of ether oxygens (including phenoxy) is 1. The highest BCUT2D eigenvalue weighted by molar-refractivity contribution is 5.45. The van der Waals surface area contributed by atoms with Crippen molar-refractivity contribution < 1.29 is 9.84 Å². The lowest BCUT2D eigenvalue weighted by molar-refractivity contribution is 0.370. The van der Waals surface area contributed by atoms with Gasteiger partial charge in [0.15, 0.2) is 11.5 Å². The average Bonchev–Trinajstić information content (AvgIpc) is 2.05. The maximum atomic E-state index is 9.34. The second kappa shape index (κ2) is 3.25. The Morgan fingerprint density at radius 2 is 2.27 bits per heavy atom. The van der Waals surface area contributed by atoms with Crippen LogP contribution in [-0.2, 0) is 6.54 Å². The molecular weight excluding hydrogens is 142 g/mol. The van der Waals surface area contributed by atoms with Crippen molar-refractivity contribution in [3.63, 3.8) is 0 Å². The molecule has 0 heterocycles. The lowest BCUT2D eigenvalue weighted by Gasteiger charge is -2.05. The third kappa shape index (κ3) is 1.43. The molecule has 0 aliphatic heterocycles. The third-order valence-electron chi connectivity index (χ3n) is 1.49. The van der Waals surface area contributed by atoms with Crippen molar-refractivity contribution in [2.24, 2.45) is 0 Å². The van der Waals surface area contributed by atoms with E-state index < -0.39 is 0 Å². The Labute approximate surface area is 65.4 Å². The van der Waals surface area contributed by atoms with Gasteiger partial charge in [-0.2, -0.15) is 0 Å². The average molecular weight is 152 g/mol. The monoisotopic (exact) mass is 152 g/mol. The molecule has 0 saturated heterocycles. The van der Waals surface area contributed by atoms with Gasteiger partial charge >= 0.3 is 0 Å². The summed E-state index contributed by atoms with van der Waals surface area (Å²) < 4.78 is 4.85. The molecule has 3 nitrogen and oxygen atoms in total. The summed E-state index contributed by atoms with van der Waals surface area (Å²) in [5.74, 6) is 0.500. The largest absolute Gasteiger partial charge is 0.504 e. The lowest BCUT2D eigenvalue weighted by Crippen LogP contribution is -1.89. The molecule has 1 aromatic rings. The molecule has 1 aromatic carbocycles. The van der Waals surface area contributed by atoms with Gasteiger partial charge in [-0.25, -0.2) is 0 Å². The number of hydrogen-bond acceptors (Lipinski definition) is 2. The summed E-state index contributed by atoms with van der Waals surface area (Å²) in [5.41, 5.74) is 7.63. The Bertz CT molecular complexity index is 226. The molecule has 0 unspecified atom stereocenters. The molecule has 3 heteroatoms. The second-order valence-corrected chi connectivity index (χ2v) is 2.14. The van der Waals surface area contributed by atoms with Crippen molar-refractivity contribution >= 4 is 0 Å². The van der Waals surface area contributed by atoms with Crippen molar-refractivity contribution in [2.45, 2.75) is 6.54 Å². The molecule has 59 valence electrons. The van der Waals surface area contributed by atoms with E-state index in [1.807, 2.05) is 0 Å². The van der Waals surface area contributed by atoms with E-state index >= 15 is 0 Å². The molecule has 2 N–H and O–H groups in total. The standard InChI is InChI=1S/C8H10NO2/c1-11-7-4-2-3-6(5-9)8(7)10/h2-4,9-10H,5H2,1H3. The van der Waals surface area contributed by atoms with Gasteiger partial charge in [0, 0.05) is 12.1 Å². The highest BCUT2D eigenvalue weighted by atomic mass is 16.5. The van der Waals surface area contributed by atoms with E-state index in [9.17, 15) is 5.11 Å². The van der Waals surface area contributed by atoms with E-state index in [0.29, 0.717) is 11.3 Å². The van der Waals surface area contributed by atoms with E-state index in [-0.39, 0.29) is 12.3 Å². The molecule has 11 heavy (non-hydrogen) atoms. The Morgan fingerprint density at radius 3 is 2.82 bits per heavy atom. The predicted molar refractivity (Wildman–Crippen MR) is 41.5 cm³/mol. The van der Waals surface area contributed by atoms with Crippen LogP contribution in [0.4, 0.5) is 0 Å². The van der Waals surface area contributed by atoms with Gasteiger partial charge < -0.3 is 9.84 Å². The van der Waals surface area contributed by atoms with E-state index in [0.717, 1.165) is 0 Å². The lowest BCUT2D eigenvalue weighted by atomic mass is 10.2. The fourth-order valence-electron chi connectivity index (χ4n) is 0.875. The topological polar surface area (TPSA) is 53.3 Å². The van der Waals surface area contributed by atoms with Crippen molar-refractivity contribution in [1.29, 1.82) is 0 Å². The van der Waals surface area contributed by atoms with Gasteiger partial charge in [-0.3, -0.25) is 5.73 Å². The van der Waals surface area contributed by atoms with Crippen LogP contribution >= 0.6 is 0 Å². The van der Waals surface area contributed by atoms with Gasteiger partial charge in [0.25, 0.3) is 0 Å². The number of phenolic OH excluding ortho intramolecular Hbond substituents is 1. The zero-order chi connectivity index (χ0) is 8.27. The van der Waals surface area contributed by atoms with Gasteiger partial charge in [-0.15, -0.1) is 0 Å². The van der Waals surface area contributed by atoms with E-state index in [1.165, 1.54) is 7.11 Å². The number of nitrogens with one attached hydrogen (secondary N) is 1. The molecule has 0 aliphatic rings. The zero-order valence-electron chi connectivity index (χ0n) is 6.29. The van der Waals surface area contributed by atoms with Crippen LogP contribution in [0.25, 0.3) is 0 Å². The van der Waals surface area contributed by atoms with Gasteiger partial charge in [0.05, 0.1) is 7.11 Å². The van der Waals surface area contributed by atoms with Crippen LogP contribution in [0.1, 0.15) is 5.56 Å². The summed E-state index contributed by atoms with van der Waals surface area (Å²) in [6, 6.07) is 5.11. The summed E-state index contributed by atoms with van der Waals surface area (Å²) in [6.07, 6.45) is 0. The molecule has 0 spiro atoms. The predicted octanol–water partition coefficient (Wildman–Crippen LogP) is 1.18. The molecule has 0 saturated carbocycles. The Hall–Kier alpha value is -1.22. The fraction of sp³-hybridized carbons (Fsp3) is 0.250. The van der Waals surface area contributed by atoms with Gasteiger partial charge in [0.2, 0.25) is 0 Å². The number of hydrogen-bond donors (Lipinski definition) is 1. The van der Waals surface area contributed by atoms with Gasteiger partial charge in [-0.1, -0.05) is 12.1 Å². The number of aromatic hydroxyl groups is 1. The number of benzene rings is 1. The Balaban J connectivity index is 3.10. The second-order valence-electron chi connectivity index (χ2n) is 2.14.